The van der Waals surface area contributed by atoms with Crippen LogP contribution in [0.15, 0.2) is 4.47 Å². The van der Waals surface area contributed by atoms with Crippen molar-refractivity contribution in [1.82, 2.24) is 0 Å². The van der Waals surface area contributed by atoms with Crippen molar-refractivity contribution in [3.63, 3.8) is 0 Å². The maximum Gasteiger partial charge on any atom is 0.176 e. The predicted molar refractivity (Wildman–Crippen MR) is 68.0 cm³/mol. The van der Waals surface area contributed by atoms with Gasteiger partial charge in [0.25, 0.3) is 0 Å². The van der Waals surface area contributed by atoms with Crippen LogP contribution in [0.5, 0.6) is 0 Å². The number of hydrogen-bond acceptors (Lipinski definition) is 1. The highest BCUT2D eigenvalue weighted by Crippen LogP contribution is 2.43. The highest BCUT2D eigenvalue weighted by molar-refractivity contribution is 9.10. The van der Waals surface area contributed by atoms with E-state index in [2.05, 4.69) is 15.9 Å². The Morgan fingerprint density at radius 1 is 1.00 bits per heavy atom. The van der Waals surface area contributed by atoms with Gasteiger partial charge in [-0.25, -0.2) is 13.2 Å². The molecule has 6 heteroatoms. The smallest absolute Gasteiger partial charge is 0.176 e. The molecule has 0 radical (unpaired) electrons. The zero-order valence-corrected chi connectivity index (χ0v) is 11.8. The van der Waals surface area contributed by atoms with E-state index in [0.717, 1.165) is 19.3 Å². The van der Waals surface area contributed by atoms with Gasteiger partial charge in [0.2, 0.25) is 0 Å². The molecule has 0 heterocycles. The maximum absolute atomic E-state index is 14.0. The second kappa shape index (κ2) is 5.02. The summed E-state index contributed by atoms with van der Waals surface area (Å²) in [5, 5.41) is -0.426. The molecule has 0 atom stereocenters. The van der Waals surface area contributed by atoms with Crippen LogP contribution in [0.3, 0.4) is 0 Å². The normalized spacial score (nSPS) is 19.0. The van der Waals surface area contributed by atoms with Crippen molar-refractivity contribution in [2.24, 2.45) is 5.73 Å². The Hall–Kier alpha value is -0.260. The van der Waals surface area contributed by atoms with Crippen molar-refractivity contribution < 1.29 is 13.2 Å². The summed E-state index contributed by atoms with van der Waals surface area (Å²) in [6, 6.07) is 0. The highest BCUT2D eigenvalue weighted by atomic mass is 79.9. The number of hydrogen-bond donors (Lipinski definition) is 1. The first kappa shape index (κ1) is 14.2. The Balaban J connectivity index is 2.63. The van der Waals surface area contributed by atoms with Crippen LogP contribution in [-0.2, 0) is 5.54 Å². The van der Waals surface area contributed by atoms with Crippen molar-refractivity contribution in [2.75, 3.05) is 0 Å². The zero-order chi connectivity index (χ0) is 13.5. The molecule has 1 aliphatic rings. The van der Waals surface area contributed by atoms with Crippen LogP contribution in [0.1, 0.15) is 37.7 Å². The minimum absolute atomic E-state index is 0.234. The van der Waals surface area contributed by atoms with Crippen LogP contribution in [0.4, 0.5) is 13.2 Å². The molecule has 0 bridgehead atoms. The third-order valence-corrected chi connectivity index (χ3v) is 4.50. The molecule has 0 aromatic heterocycles. The second-order valence-electron chi connectivity index (χ2n) is 4.66. The number of rotatable bonds is 1. The van der Waals surface area contributed by atoms with Crippen molar-refractivity contribution in [2.45, 2.75) is 37.6 Å². The molecular formula is C12H12BrClF3N. The molecule has 0 unspecified atom stereocenters. The van der Waals surface area contributed by atoms with Gasteiger partial charge >= 0.3 is 0 Å². The van der Waals surface area contributed by atoms with Gasteiger partial charge in [-0.15, -0.1) is 0 Å². The minimum Gasteiger partial charge on any atom is -0.321 e. The maximum atomic E-state index is 14.0. The van der Waals surface area contributed by atoms with Gasteiger partial charge in [0.05, 0.1) is 9.50 Å². The van der Waals surface area contributed by atoms with Crippen LogP contribution in [0, 0.1) is 17.5 Å². The fourth-order valence-corrected chi connectivity index (χ4v) is 3.33. The van der Waals surface area contributed by atoms with Crippen molar-refractivity contribution in [3.8, 4) is 0 Å². The monoisotopic (exact) mass is 341 g/mol. The summed E-state index contributed by atoms with van der Waals surface area (Å²) in [5.74, 6) is -3.43. The summed E-state index contributed by atoms with van der Waals surface area (Å²) in [5.41, 5.74) is 4.78. The summed E-state index contributed by atoms with van der Waals surface area (Å²) in [4.78, 5) is 0. The molecular weight excluding hydrogens is 330 g/mol. The number of nitrogens with two attached hydrogens (primary N) is 1. The first-order valence-electron chi connectivity index (χ1n) is 5.69. The first-order valence-corrected chi connectivity index (χ1v) is 6.86. The summed E-state index contributed by atoms with van der Waals surface area (Å²) in [6.45, 7) is 0. The summed E-state index contributed by atoms with van der Waals surface area (Å²) in [6.07, 6.45) is 3.53. The van der Waals surface area contributed by atoms with Crippen LogP contribution >= 0.6 is 27.5 Å². The molecule has 1 nitrogen and oxygen atoms in total. The Labute approximate surface area is 117 Å². The van der Waals surface area contributed by atoms with Crippen molar-refractivity contribution in [3.05, 3.63) is 32.5 Å². The van der Waals surface area contributed by atoms with E-state index in [0.29, 0.717) is 12.8 Å². The topological polar surface area (TPSA) is 26.0 Å². The van der Waals surface area contributed by atoms with E-state index in [1.54, 1.807) is 0 Å². The Kier molecular flexibility index (Phi) is 3.95. The molecule has 0 amide bonds. The minimum atomic E-state index is -1.28. The van der Waals surface area contributed by atoms with E-state index < -0.39 is 32.5 Å². The van der Waals surface area contributed by atoms with Crippen molar-refractivity contribution in [1.29, 1.82) is 0 Å². The fourth-order valence-electron chi connectivity index (χ4n) is 2.47. The number of halogens is 5. The average molecular weight is 343 g/mol. The highest BCUT2D eigenvalue weighted by Gasteiger charge is 2.37. The standard InChI is InChI=1S/C12H12BrClF3N/c13-7-10(16)8(14)6(9(15)11(7)17)12(18)4-2-1-3-5-12/h1-5,18H2. The fraction of sp³-hybridized carbons (Fsp3) is 0.500. The van der Waals surface area contributed by atoms with Gasteiger partial charge < -0.3 is 5.73 Å². The third-order valence-electron chi connectivity index (χ3n) is 3.45. The van der Waals surface area contributed by atoms with E-state index in [4.69, 9.17) is 17.3 Å². The molecule has 0 saturated heterocycles. The van der Waals surface area contributed by atoms with Crippen LogP contribution < -0.4 is 5.73 Å². The molecule has 100 valence electrons. The second-order valence-corrected chi connectivity index (χ2v) is 5.83. The molecule has 1 aromatic carbocycles. The van der Waals surface area contributed by atoms with Crippen LogP contribution in [0.25, 0.3) is 0 Å². The Morgan fingerprint density at radius 3 is 2.11 bits per heavy atom. The molecule has 0 aliphatic heterocycles. The van der Waals surface area contributed by atoms with E-state index in [1.807, 2.05) is 0 Å². The summed E-state index contributed by atoms with van der Waals surface area (Å²) < 4.78 is 40.7. The zero-order valence-electron chi connectivity index (χ0n) is 9.50. The predicted octanol–water partition coefficient (Wildman–Crippen LogP) is 4.64. The Morgan fingerprint density at radius 2 is 1.56 bits per heavy atom. The van der Waals surface area contributed by atoms with E-state index >= 15 is 0 Å². The van der Waals surface area contributed by atoms with E-state index in [9.17, 15) is 13.2 Å². The van der Waals surface area contributed by atoms with E-state index in [-0.39, 0.29) is 5.56 Å². The Bertz CT molecular complexity index is 458. The molecule has 2 N–H and O–H groups in total. The van der Waals surface area contributed by atoms with Gasteiger partial charge in [-0.2, -0.15) is 0 Å². The molecule has 0 spiro atoms. The largest absolute Gasteiger partial charge is 0.321 e. The van der Waals surface area contributed by atoms with E-state index in [1.165, 1.54) is 0 Å². The summed E-state index contributed by atoms with van der Waals surface area (Å²) >= 11 is 8.45. The van der Waals surface area contributed by atoms with Gasteiger partial charge in [-0.1, -0.05) is 30.9 Å². The lowest BCUT2D eigenvalue weighted by atomic mass is 9.77. The SMILES string of the molecule is NC1(c2c(F)c(F)c(Br)c(F)c2Cl)CCCCC1. The van der Waals surface area contributed by atoms with Gasteiger partial charge in [-0.3, -0.25) is 0 Å². The molecule has 2 rings (SSSR count). The molecule has 1 aliphatic carbocycles. The average Bonchev–Trinajstić information content (AvgIpc) is 2.35. The molecule has 1 fully saturated rings. The molecule has 18 heavy (non-hydrogen) atoms. The lowest BCUT2D eigenvalue weighted by molar-refractivity contribution is 0.287. The van der Waals surface area contributed by atoms with Gasteiger partial charge in [0, 0.05) is 11.1 Å². The van der Waals surface area contributed by atoms with Gasteiger partial charge in [0.15, 0.2) is 17.5 Å². The quantitative estimate of drug-likeness (QED) is 0.584. The lowest BCUT2D eigenvalue weighted by Crippen LogP contribution is -2.40. The first-order chi connectivity index (χ1) is 8.38. The van der Waals surface area contributed by atoms with Crippen molar-refractivity contribution >= 4 is 27.5 Å². The van der Waals surface area contributed by atoms with Gasteiger partial charge in [-0.05, 0) is 28.8 Å². The number of benzene rings is 1. The molecule has 1 aromatic rings. The van der Waals surface area contributed by atoms with Gasteiger partial charge in [0.1, 0.15) is 0 Å². The third kappa shape index (κ3) is 2.17. The summed E-state index contributed by atoms with van der Waals surface area (Å²) in [7, 11) is 0. The molecule has 1 saturated carbocycles. The van der Waals surface area contributed by atoms with Crippen LogP contribution in [0.2, 0.25) is 5.02 Å². The lowest BCUT2D eigenvalue weighted by Gasteiger charge is -2.35. The van der Waals surface area contributed by atoms with Crippen LogP contribution in [-0.4, -0.2) is 0 Å².